The molecule has 2 unspecified atom stereocenters. The number of ether oxygens (including phenoxy) is 2. The highest BCUT2D eigenvalue weighted by Crippen LogP contribution is 2.27. The molecule has 2 aromatic rings. The lowest BCUT2D eigenvalue weighted by Gasteiger charge is -2.34. The van der Waals surface area contributed by atoms with Crippen molar-refractivity contribution in [2.24, 2.45) is 0 Å². The van der Waals surface area contributed by atoms with Crippen molar-refractivity contribution < 1.29 is 28.7 Å². The summed E-state index contributed by atoms with van der Waals surface area (Å²) in [7, 11) is 1.22. The third-order valence-corrected chi connectivity index (χ3v) is 5.80. The van der Waals surface area contributed by atoms with E-state index in [1.807, 2.05) is 56.3 Å². The van der Waals surface area contributed by atoms with Gasteiger partial charge in [-0.1, -0.05) is 60.2 Å². The van der Waals surface area contributed by atoms with Gasteiger partial charge in [0.15, 0.2) is 0 Å². The van der Waals surface area contributed by atoms with Gasteiger partial charge in [0.05, 0.1) is 7.11 Å². The number of alkyl carbamates (subject to hydrolysis) is 1. The third kappa shape index (κ3) is 9.59. The Labute approximate surface area is 230 Å². The monoisotopic (exact) mass is 537 g/mol. The molecule has 2 rings (SSSR count). The molecule has 3 amide bonds. The summed E-state index contributed by atoms with van der Waals surface area (Å²) in [6.07, 6.45) is 0.916. The summed E-state index contributed by atoms with van der Waals surface area (Å²) in [5, 5.41) is 5.27. The molecule has 0 bridgehead atoms. The van der Waals surface area contributed by atoms with Crippen LogP contribution in [0.5, 0.6) is 0 Å². The number of nitrogens with zero attached hydrogens (tertiary/aromatic N) is 1. The lowest BCUT2D eigenvalue weighted by Crippen LogP contribution is -2.54. The van der Waals surface area contributed by atoms with E-state index in [9.17, 15) is 19.2 Å². The largest absolute Gasteiger partial charge is 0.468 e. The molecule has 0 saturated carbocycles. The maximum absolute atomic E-state index is 14.2. The summed E-state index contributed by atoms with van der Waals surface area (Å²) < 4.78 is 10.1. The van der Waals surface area contributed by atoms with Gasteiger partial charge in [-0.25, -0.2) is 4.79 Å². The Morgan fingerprint density at radius 1 is 1.05 bits per heavy atom. The summed E-state index contributed by atoms with van der Waals surface area (Å²) in [5.74, 6) is -1.71. The second-order valence-electron chi connectivity index (χ2n) is 10.2. The second kappa shape index (κ2) is 14.1. The molecule has 9 nitrogen and oxygen atoms in total. The van der Waals surface area contributed by atoms with Crippen LogP contribution in [0.15, 0.2) is 61.2 Å². The number of benzene rings is 2. The fraction of sp³-hybridized carbons (Fsp3) is 0.400. The van der Waals surface area contributed by atoms with E-state index in [1.54, 1.807) is 26.8 Å². The molecule has 0 fully saturated rings. The van der Waals surface area contributed by atoms with E-state index in [0.717, 1.165) is 16.7 Å². The number of carbonyl (C=O) groups is 4. The molecule has 2 atom stereocenters. The highest BCUT2D eigenvalue weighted by molar-refractivity contribution is 5.93. The lowest BCUT2D eigenvalue weighted by molar-refractivity contribution is -0.144. The number of rotatable bonds is 11. The Morgan fingerprint density at radius 3 is 2.28 bits per heavy atom. The van der Waals surface area contributed by atoms with Gasteiger partial charge in [-0.2, -0.15) is 0 Å². The van der Waals surface area contributed by atoms with Gasteiger partial charge in [0.2, 0.25) is 11.8 Å². The minimum absolute atomic E-state index is 0.00372. The summed E-state index contributed by atoms with van der Waals surface area (Å²) in [4.78, 5) is 53.6. The first-order valence-corrected chi connectivity index (χ1v) is 12.7. The highest BCUT2D eigenvalue weighted by atomic mass is 16.6. The van der Waals surface area contributed by atoms with Gasteiger partial charge in [-0.3, -0.25) is 14.4 Å². The normalized spacial score (nSPS) is 12.5. The van der Waals surface area contributed by atoms with E-state index in [2.05, 4.69) is 21.9 Å². The molecule has 0 radical (unpaired) electrons. The molecule has 0 spiro atoms. The number of amides is 3. The summed E-state index contributed by atoms with van der Waals surface area (Å²) in [6.45, 7) is 12.4. The number of nitrogens with one attached hydrogen (secondary N) is 2. The molecule has 0 saturated heterocycles. The fourth-order valence-corrected chi connectivity index (χ4v) is 4.07. The minimum Gasteiger partial charge on any atom is -0.468 e. The molecule has 0 aromatic heterocycles. The zero-order valence-electron chi connectivity index (χ0n) is 23.6. The van der Waals surface area contributed by atoms with Crippen molar-refractivity contribution in [3.8, 4) is 0 Å². The van der Waals surface area contributed by atoms with Crippen molar-refractivity contribution in [1.82, 2.24) is 15.5 Å². The van der Waals surface area contributed by atoms with Gasteiger partial charge >= 0.3 is 12.1 Å². The van der Waals surface area contributed by atoms with Gasteiger partial charge in [-0.05, 0) is 51.3 Å². The number of carbonyl (C=O) groups excluding carboxylic acids is 4. The highest BCUT2D eigenvalue weighted by Gasteiger charge is 2.36. The van der Waals surface area contributed by atoms with Gasteiger partial charge < -0.3 is 25.0 Å². The molecule has 9 heteroatoms. The van der Waals surface area contributed by atoms with E-state index in [4.69, 9.17) is 4.74 Å². The number of methoxy groups -OCH3 is 1. The summed E-state index contributed by atoms with van der Waals surface area (Å²) in [6, 6.07) is 12.6. The van der Waals surface area contributed by atoms with Crippen LogP contribution in [0.4, 0.5) is 4.79 Å². The van der Waals surface area contributed by atoms with Crippen LogP contribution in [0.25, 0.3) is 0 Å². The van der Waals surface area contributed by atoms with Gasteiger partial charge in [-0.15, -0.1) is 6.58 Å². The standard InChI is InChI=1S/C30H39N3O6/c1-8-16-33(26(27(35)31-19-25(34)38-7)23-15-14-20(2)17-21(23)3)28(36)24(18-22-12-10-9-11-13-22)32-29(37)39-30(4,5)6/h8-15,17,24,26H,1,16,18-19H2,2-7H3,(H,31,35)(H,32,37). The minimum atomic E-state index is -1.11. The number of esters is 1. The molecule has 2 N–H and O–H groups in total. The Balaban J connectivity index is 2.55. The van der Waals surface area contributed by atoms with Crippen molar-refractivity contribution in [2.45, 2.75) is 58.7 Å². The molecule has 210 valence electrons. The maximum Gasteiger partial charge on any atom is 0.408 e. The predicted octanol–water partition coefficient (Wildman–Crippen LogP) is 3.78. The smallest absolute Gasteiger partial charge is 0.408 e. The number of hydrogen-bond acceptors (Lipinski definition) is 6. The van der Waals surface area contributed by atoms with E-state index < -0.39 is 41.6 Å². The molecule has 0 aliphatic heterocycles. The number of hydrogen-bond donors (Lipinski definition) is 2. The Hall–Kier alpha value is -4.14. The van der Waals surface area contributed by atoms with Gasteiger partial charge in [0, 0.05) is 13.0 Å². The van der Waals surface area contributed by atoms with Crippen LogP contribution in [-0.4, -0.2) is 60.6 Å². The number of aryl methyl sites for hydroxylation is 2. The van der Waals surface area contributed by atoms with E-state index in [-0.39, 0.29) is 19.5 Å². The van der Waals surface area contributed by atoms with E-state index in [0.29, 0.717) is 5.56 Å². The molecule has 2 aromatic carbocycles. The van der Waals surface area contributed by atoms with Crippen LogP contribution in [0.3, 0.4) is 0 Å². The van der Waals surface area contributed by atoms with Crippen LogP contribution >= 0.6 is 0 Å². The molecule has 0 heterocycles. The van der Waals surface area contributed by atoms with Crippen LogP contribution in [0.1, 0.15) is 49.1 Å². The molecule has 39 heavy (non-hydrogen) atoms. The van der Waals surface area contributed by atoms with Crippen LogP contribution in [0, 0.1) is 13.8 Å². The van der Waals surface area contributed by atoms with E-state index >= 15 is 0 Å². The van der Waals surface area contributed by atoms with Crippen molar-refractivity contribution in [3.05, 3.63) is 83.4 Å². The Bertz CT molecular complexity index is 1170. The zero-order chi connectivity index (χ0) is 29.2. The van der Waals surface area contributed by atoms with Gasteiger partial charge in [0.25, 0.3) is 0 Å². The van der Waals surface area contributed by atoms with Crippen LogP contribution in [-0.2, 0) is 30.3 Å². The summed E-state index contributed by atoms with van der Waals surface area (Å²) >= 11 is 0. The van der Waals surface area contributed by atoms with Crippen LogP contribution < -0.4 is 10.6 Å². The average Bonchev–Trinajstić information content (AvgIpc) is 2.86. The Kier molecular flexibility index (Phi) is 11.3. The quantitative estimate of drug-likeness (QED) is 0.333. The average molecular weight is 538 g/mol. The van der Waals surface area contributed by atoms with Crippen molar-refractivity contribution in [3.63, 3.8) is 0 Å². The molecule has 0 aliphatic rings. The maximum atomic E-state index is 14.2. The first-order valence-electron chi connectivity index (χ1n) is 12.7. The summed E-state index contributed by atoms with van der Waals surface area (Å²) in [5.41, 5.74) is 2.38. The van der Waals surface area contributed by atoms with E-state index in [1.165, 1.54) is 18.1 Å². The van der Waals surface area contributed by atoms with Gasteiger partial charge in [0.1, 0.15) is 24.2 Å². The zero-order valence-corrected chi connectivity index (χ0v) is 23.6. The van der Waals surface area contributed by atoms with Crippen molar-refractivity contribution in [2.75, 3.05) is 20.2 Å². The SMILES string of the molecule is C=CCN(C(=O)C(Cc1ccccc1)NC(=O)OC(C)(C)C)C(C(=O)NCC(=O)OC)c1ccc(C)cc1C. The predicted molar refractivity (Wildman–Crippen MR) is 149 cm³/mol. The lowest BCUT2D eigenvalue weighted by atomic mass is 9.95. The topological polar surface area (TPSA) is 114 Å². The molecule has 0 aliphatic carbocycles. The Morgan fingerprint density at radius 2 is 1.72 bits per heavy atom. The molecular formula is C30H39N3O6. The second-order valence-corrected chi connectivity index (χ2v) is 10.2. The fourth-order valence-electron chi connectivity index (χ4n) is 4.07. The third-order valence-electron chi connectivity index (χ3n) is 5.80. The van der Waals surface area contributed by atoms with Crippen molar-refractivity contribution >= 4 is 23.9 Å². The first kappa shape index (κ1) is 31.1. The first-order chi connectivity index (χ1) is 18.4. The molecular weight excluding hydrogens is 498 g/mol. The van der Waals surface area contributed by atoms with Crippen molar-refractivity contribution in [1.29, 1.82) is 0 Å². The van der Waals surface area contributed by atoms with Crippen LogP contribution in [0.2, 0.25) is 0 Å².